The van der Waals surface area contributed by atoms with Crippen molar-refractivity contribution in [1.82, 2.24) is 5.32 Å². The van der Waals surface area contributed by atoms with Gasteiger partial charge in [0.05, 0.1) is 6.10 Å². The van der Waals surface area contributed by atoms with E-state index in [1.54, 1.807) is 0 Å². The number of carboxylic acid groups (broad SMARTS) is 1. The van der Waals surface area contributed by atoms with Gasteiger partial charge in [0.25, 0.3) is 0 Å². The lowest BCUT2D eigenvalue weighted by Crippen LogP contribution is -2.49. The zero-order valence-corrected chi connectivity index (χ0v) is 13.0. The molecule has 1 aliphatic rings. The molecule has 0 bridgehead atoms. The van der Waals surface area contributed by atoms with Crippen molar-refractivity contribution >= 4 is 12.1 Å². The van der Waals surface area contributed by atoms with Crippen LogP contribution in [-0.2, 0) is 16.1 Å². The molecule has 1 aliphatic carbocycles. The van der Waals surface area contributed by atoms with Crippen LogP contribution < -0.4 is 5.32 Å². The normalized spacial score (nSPS) is 22.7. The number of hydrogen-bond acceptors (Lipinski definition) is 4. The van der Waals surface area contributed by atoms with Crippen molar-refractivity contribution in [3.05, 3.63) is 35.9 Å². The molecule has 1 aromatic rings. The molecule has 126 valence electrons. The highest BCUT2D eigenvalue weighted by molar-refractivity contribution is 5.80. The monoisotopic (exact) mass is 321 g/mol. The fourth-order valence-corrected chi connectivity index (χ4v) is 2.95. The van der Waals surface area contributed by atoms with E-state index >= 15 is 0 Å². The predicted octanol–water partition coefficient (Wildman–Crippen LogP) is 2.31. The molecule has 0 aliphatic heterocycles. The molecule has 6 heteroatoms. The van der Waals surface area contributed by atoms with Crippen molar-refractivity contribution in [2.45, 2.75) is 50.9 Å². The van der Waals surface area contributed by atoms with E-state index in [-0.39, 0.29) is 6.61 Å². The van der Waals surface area contributed by atoms with Crippen molar-refractivity contribution < 1.29 is 24.5 Å². The molecule has 1 saturated carbocycles. The van der Waals surface area contributed by atoms with Crippen LogP contribution in [-0.4, -0.2) is 34.4 Å². The number of benzene rings is 1. The SMILES string of the molecule is O=C(NC(C(=O)O)C1CCCCCC1O)OCc1ccccc1. The lowest BCUT2D eigenvalue weighted by molar-refractivity contribution is -0.142. The Morgan fingerprint density at radius 1 is 1.17 bits per heavy atom. The average molecular weight is 321 g/mol. The molecule has 0 radical (unpaired) electrons. The van der Waals surface area contributed by atoms with Gasteiger partial charge < -0.3 is 20.3 Å². The molecule has 3 N–H and O–H groups in total. The molecule has 6 nitrogen and oxygen atoms in total. The molecule has 3 unspecified atom stereocenters. The second kappa shape index (κ2) is 8.53. The molecule has 0 heterocycles. The molecule has 3 atom stereocenters. The van der Waals surface area contributed by atoms with E-state index in [0.717, 1.165) is 24.8 Å². The first kappa shape index (κ1) is 17.3. The van der Waals surface area contributed by atoms with Crippen LogP contribution in [0.15, 0.2) is 30.3 Å². The molecule has 1 amide bonds. The topological polar surface area (TPSA) is 95.9 Å². The predicted molar refractivity (Wildman–Crippen MR) is 83.8 cm³/mol. The summed E-state index contributed by atoms with van der Waals surface area (Å²) in [6.07, 6.45) is 2.35. The number of alkyl carbamates (subject to hydrolysis) is 1. The van der Waals surface area contributed by atoms with E-state index in [4.69, 9.17) is 4.74 Å². The lowest BCUT2D eigenvalue weighted by Gasteiger charge is -2.27. The van der Waals surface area contributed by atoms with Gasteiger partial charge in [-0.3, -0.25) is 0 Å². The fourth-order valence-electron chi connectivity index (χ4n) is 2.95. The van der Waals surface area contributed by atoms with Gasteiger partial charge in [0.2, 0.25) is 0 Å². The Balaban J connectivity index is 1.92. The number of carbonyl (C=O) groups is 2. The van der Waals surface area contributed by atoms with Crippen LogP contribution >= 0.6 is 0 Å². The number of aliphatic hydroxyl groups is 1. The minimum Gasteiger partial charge on any atom is -0.480 e. The Bertz CT molecular complexity index is 519. The zero-order chi connectivity index (χ0) is 16.7. The number of carboxylic acids is 1. The third-order valence-corrected chi connectivity index (χ3v) is 4.21. The van der Waals surface area contributed by atoms with Crippen LogP contribution in [0.5, 0.6) is 0 Å². The Morgan fingerprint density at radius 2 is 1.87 bits per heavy atom. The highest BCUT2D eigenvalue weighted by atomic mass is 16.5. The Hall–Kier alpha value is -2.08. The summed E-state index contributed by atoms with van der Waals surface area (Å²) in [7, 11) is 0. The fraction of sp³-hybridized carbons (Fsp3) is 0.529. The number of aliphatic carboxylic acids is 1. The van der Waals surface area contributed by atoms with Crippen molar-refractivity contribution in [2.75, 3.05) is 0 Å². The van der Waals surface area contributed by atoms with Crippen LogP contribution in [0, 0.1) is 5.92 Å². The zero-order valence-electron chi connectivity index (χ0n) is 13.0. The highest BCUT2D eigenvalue weighted by Crippen LogP contribution is 2.26. The molecule has 1 aromatic carbocycles. The molecule has 23 heavy (non-hydrogen) atoms. The number of rotatable bonds is 5. The van der Waals surface area contributed by atoms with Crippen LogP contribution in [0.2, 0.25) is 0 Å². The van der Waals surface area contributed by atoms with Gasteiger partial charge in [-0.25, -0.2) is 9.59 Å². The van der Waals surface area contributed by atoms with E-state index in [1.165, 1.54) is 0 Å². The molecule has 1 fully saturated rings. The van der Waals surface area contributed by atoms with Gasteiger partial charge in [0, 0.05) is 5.92 Å². The Labute approximate surface area is 135 Å². The second-order valence-electron chi connectivity index (χ2n) is 5.89. The third kappa shape index (κ3) is 5.25. The first-order valence-corrected chi connectivity index (χ1v) is 7.96. The average Bonchev–Trinajstić information content (AvgIpc) is 2.76. The summed E-state index contributed by atoms with van der Waals surface area (Å²) in [5, 5.41) is 21.9. The number of nitrogens with one attached hydrogen (secondary N) is 1. The van der Waals surface area contributed by atoms with Crippen molar-refractivity contribution in [3.63, 3.8) is 0 Å². The standard InChI is InChI=1S/C17H23NO5/c19-14-10-6-2-5-9-13(14)15(16(20)21)18-17(22)23-11-12-7-3-1-4-8-12/h1,3-4,7-8,13-15,19H,2,5-6,9-11H2,(H,18,22)(H,20,21). The number of hydrogen-bond donors (Lipinski definition) is 3. The van der Waals surface area contributed by atoms with Crippen molar-refractivity contribution in [1.29, 1.82) is 0 Å². The first-order valence-electron chi connectivity index (χ1n) is 7.96. The van der Waals surface area contributed by atoms with Gasteiger partial charge in [0.1, 0.15) is 12.6 Å². The van der Waals surface area contributed by atoms with Crippen LogP contribution in [0.1, 0.15) is 37.7 Å². The number of ether oxygens (including phenoxy) is 1. The van der Waals surface area contributed by atoms with Gasteiger partial charge in [-0.15, -0.1) is 0 Å². The van der Waals surface area contributed by atoms with Crippen LogP contribution in [0.3, 0.4) is 0 Å². The maximum absolute atomic E-state index is 11.9. The summed E-state index contributed by atoms with van der Waals surface area (Å²) in [5.74, 6) is -1.63. The number of carbonyl (C=O) groups excluding carboxylic acids is 1. The van der Waals surface area contributed by atoms with E-state index in [1.807, 2.05) is 30.3 Å². The molecule has 0 saturated heterocycles. The minimum atomic E-state index is -1.15. The largest absolute Gasteiger partial charge is 0.480 e. The third-order valence-electron chi connectivity index (χ3n) is 4.21. The highest BCUT2D eigenvalue weighted by Gasteiger charge is 2.35. The summed E-state index contributed by atoms with van der Waals surface area (Å²) in [6.45, 7) is 0.0756. The van der Waals surface area contributed by atoms with Gasteiger partial charge in [-0.2, -0.15) is 0 Å². The van der Waals surface area contributed by atoms with Crippen LogP contribution in [0.25, 0.3) is 0 Å². The first-order chi connectivity index (χ1) is 11.1. The number of amides is 1. The quantitative estimate of drug-likeness (QED) is 0.723. The summed E-state index contributed by atoms with van der Waals surface area (Å²) in [6, 6.07) is 8.02. The van der Waals surface area contributed by atoms with E-state index < -0.39 is 30.1 Å². The minimum absolute atomic E-state index is 0.0756. The number of aliphatic hydroxyl groups excluding tert-OH is 1. The van der Waals surface area contributed by atoms with Gasteiger partial charge in [-0.1, -0.05) is 49.6 Å². The molecular formula is C17H23NO5. The summed E-state index contributed by atoms with van der Waals surface area (Å²) in [5.41, 5.74) is 0.823. The Morgan fingerprint density at radius 3 is 2.57 bits per heavy atom. The maximum Gasteiger partial charge on any atom is 0.408 e. The molecular weight excluding hydrogens is 298 g/mol. The molecule has 0 spiro atoms. The van der Waals surface area contributed by atoms with Gasteiger partial charge in [-0.05, 0) is 18.4 Å². The van der Waals surface area contributed by atoms with E-state index in [0.29, 0.717) is 12.8 Å². The maximum atomic E-state index is 11.9. The van der Waals surface area contributed by atoms with Gasteiger partial charge >= 0.3 is 12.1 Å². The summed E-state index contributed by atoms with van der Waals surface area (Å²) >= 11 is 0. The van der Waals surface area contributed by atoms with E-state index in [9.17, 15) is 19.8 Å². The van der Waals surface area contributed by atoms with Gasteiger partial charge in [0.15, 0.2) is 0 Å². The van der Waals surface area contributed by atoms with Crippen LogP contribution in [0.4, 0.5) is 4.79 Å². The van der Waals surface area contributed by atoms with Crippen molar-refractivity contribution in [2.24, 2.45) is 5.92 Å². The smallest absolute Gasteiger partial charge is 0.408 e. The Kier molecular flexibility index (Phi) is 6.40. The molecule has 2 rings (SSSR count). The van der Waals surface area contributed by atoms with E-state index in [2.05, 4.69) is 5.32 Å². The molecule has 0 aromatic heterocycles. The lowest BCUT2D eigenvalue weighted by atomic mass is 9.89. The summed E-state index contributed by atoms with van der Waals surface area (Å²) < 4.78 is 5.07. The van der Waals surface area contributed by atoms with Crippen molar-refractivity contribution in [3.8, 4) is 0 Å². The summed E-state index contributed by atoms with van der Waals surface area (Å²) in [4.78, 5) is 23.4. The second-order valence-corrected chi connectivity index (χ2v) is 5.89.